The van der Waals surface area contributed by atoms with E-state index in [0.717, 1.165) is 6.54 Å². The molecule has 0 aromatic carbocycles. The highest BCUT2D eigenvalue weighted by atomic mass is 15.2. The Morgan fingerprint density at radius 1 is 1.30 bits per heavy atom. The number of hydrogen-bond donors (Lipinski definition) is 1. The first-order valence-electron chi connectivity index (χ1n) is 3.68. The minimum absolute atomic E-state index is 0.985. The maximum absolute atomic E-state index is 3.29. The summed E-state index contributed by atoms with van der Waals surface area (Å²) in [6.07, 6.45) is 0. The van der Waals surface area contributed by atoms with Gasteiger partial charge in [0.25, 0.3) is 0 Å². The average molecular weight is 142 g/mol. The van der Waals surface area contributed by atoms with Crippen molar-refractivity contribution in [2.75, 3.05) is 20.6 Å². The molecule has 2 heteroatoms. The van der Waals surface area contributed by atoms with Gasteiger partial charge in [0, 0.05) is 20.6 Å². The van der Waals surface area contributed by atoms with E-state index in [2.05, 4.69) is 31.0 Å². The van der Waals surface area contributed by atoms with Crippen LogP contribution in [0.2, 0.25) is 0 Å². The molecule has 0 bridgehead atoms. The van der Waals surface area contributed by atoms with Crippen LogP contribution in [0.1, 0.15) is 20.8 Å². The van der Waals surface area contributed by atoms with Crippen LogP contribution in [0, 0.1) is 0 Å². The summed E-state index contributed by atoms with van der Waals surface area (Å²) >= 11 is 0. The first-order chi connectivity index (χ1) is 4.59. The second-order valence-corrected chi connectivity index (χ2v) is 2.77. The number of allylic oxidation sites excluding steroid dienone is 1. The number of nitrogens with zero attached hydrogens (tertiary/aromatic N) is 1. The van der Waals surface area contributed by atoms with Gasteiger partial charge in [-0.05, 0) is 26.3 Å². The van der Waals surface area contributed by atoms with E-state index in [1.807, 2.05) is 14.1 Å². The highest BCUT2D eigenvalue weighted by Crippen LogP contribution is 2.00. The van der Waals surface area contributed by atoms with Gasteiger partial charge < -0.3 is 10.2 Å². The Labute approximate surface area is 63.9 Å². The van der Waals surface area contributed by atoms with E-state index in [1.54, 1.807) is 0 Å². The van der Waals surface area contributed by atoms with E-state index in [0.29, 0.717) is 0 Å². The first-order valence-corrected chi connectivity index (χ1v) is 3.68. The Morgan fingerprint density at radius 3 is 1.90 bits per heavy atom. The van der Waals surface area contributed by atoms with Crippen molar-refractivity contribution in [2.45, 2.75) is 20.8 Å². The van der Waals surface area contributed by atoms with Gasteiger partial charge in [0.2, 0.25) is 0 Å². The van der Waals surface area contributed by atoms with Crippen molar-refractivity contribution in [3.05, 3.63) is 11.4 Å². The van der Waals surface area contributed by atoms with Crippen LogP contribution in [-0.4, -0.2) is 25.5 Å². The van der Waals surface area contributed by atoms with E-state index in [1.165, 1.54) is 11.4 Å². The van der Waals surface area contributed by atoms with Crippen molar-refractivity contribution in [3.63, 3.8) is 0 Å². The predicted molar refractivity (Wildman–Crippen MR) is 45.7 cm³/mol. The second-order valence-electron chi connectivity index (χ2n) is 2.77. The zero-order valence-corrected chi connectivity index (χ0v) is 7.65. The van der Waals surface area contributed by atoms with Gasteiger partial charge in [0.05, 0.1) is 5.82 Å². The van der Waals surface area contributed by atoms with Gasteiger partial charge in [-0.25, -0.2) is 0 Å². The summed E-state index contributed by atoms with van der Waals surface area (Å²) in [4.78, 5) is 2.10. The number of nitrogens with one attached hydrogen (secondary N) is 1. The fraction of sp³-hybridized carbons (Fsp3) is 0.750. The Morgan fingerprint density at radius 2 is 1.80 bits per heavy atom. The van der Waals surface area contributed by atoms with Crippen molar-refractivity contribution in [2.24, 2.45) is 0 Å². The highest BCUT2D eigenvalue weighted by Gasteiger charge is 1.97. The molecule has 0 heterocycles. The fourth-order valence-electron chi connectivity index (χ4n) is 0.950. The molecule has 2 nitrogen and oxygen atoms in total. The van der Waals surface area contributed by atoms with Crippen molar-refractivity contribution in [1.82, 2.24) is 10.2 Å². The minimum Gasteiger partial charge on any atom is -0.372 e. The van der Waals surface area contributed by atoms with Crippen LogP contribution in [0.4, 0.5) is 0 Å². The molecule has 0 rings (SSSR count). The van der Waals surface area contributed by atoms with Crippen LogP contribution >= 0.6 is 0 Å². The largest absolute Gasteiger partial charge is 0.372 e. The third kappa shape index (κ3) is 2.76. The summed E-state index contributed by atoms with van der Waals surface area (Å²) in [5.41, 5.74) is 1.33. The van der Waals surface area contributed by atoms with Gasteiger partial charge in [-0.15, -0.1) is 0 Å². The van der Waals surface area contributed by atoms with Gasteiger partial charge in [0.1, 0.15) is 0 Å². The summed E-state index contributed by atoms with van der Waals surface area (Å²) < 4.78 is 0. The molecule has 60 valence electrons. The molecular formula is C8H18N2. The maximum Gasteiger partial charge on any atom is 0.0993 e. The molecule has 0 aliphatic heterocycles. The molecule has 0 saturated heterocycles. The zero-order chi connectivity index (χ0) is 8.15. The Bertz CT molecular complexity index is 121. The molecule has 0 spiro atoms. The molecule has 0 fully saturated rings. The zero-order valence-electron chi connectivity index (χ0n) is 7.65. The van der Waals surface area contributed by atoms with Gasteiger partial charge in [-0.1, -0.05) is 0 Å². The molecule has 0 saturated carbocycles. The van der Waals surface area contributed by atoms with Gasteiger partial charge >= 0.3 is 0 Å². The quantitative estimate of drug-likeness (QED) is 0.641. The summed E-state index contributed by atoms with van der Waals surface area (Å²) in [6.45, 7) is 7.31. The third-order valence-corrected chi connectivity index (χ3v) is 1.27. The van der Waals surface area contributed by atoms with Crippen LogP contribution in [-0.2, 0) is 0 Å². The molecule has 0 aromatic rings. The second kappa shape index (κ2) is 4.20. The van der Waals surface area contributed by atoms with Crippen molar-refractivity contribution in [3.8, 4) is 0 Å². The molecule has 0 atom stereocenters. The van der Waals surface area contributed by atoms with E-state index in [9.17, 15) is 0 Å². The Kier molecular flexibility index (Phi) is 3.93. The number of rotatable bonds is 3. The van der Waals surface area contributed by atoms with Crippen LogP contribution < -0.4 is 5.32 Å². The fourth-order valence-corrected chi connectivity index (χ4v) is 0.950. The van der Waals surface area contributed by atoms with Crippen molar-refractivity contribution >= 4 is 0 Å². The lowest BCUT2D eigenvalue weighted by molar-refractivity contribution is 0.458. The summed E-state index contributed by atoms with van der Waals surface area (Å²) in [6, 6.07) is 0. The Hall–Kier alpha value is -0.660. The molecule has 0 aliphatic rings. The summed E-state index contributed by atoms with van der Waals surface area (Å²) in [5, 5.41) is 3.29. The van der Waals surface area contributed by atoms with Crippen LogP contribution in [0.3, 0.4) is 0 Å². The minimum atomic E-state index is 0.985. The topological polar surface area (TPSA) is 15.3 Å². The van der Waals surface area contributed by atoms with Crippen LogP contribution in [0.15, 0.2) is 11.4 Å². The normalized spacial score (nSPS) is 8.90. The van der Waals surface area contributed by atoms with Crippen molar-refractivity contribution < 1.29 is 0 Å². The average Bonchev–Trinajstić information content (AvgIpc) is 1.81. The molecule has 1 N–H and O–H groups in total. The molecule has 10 heavy (non-hydrogen) atoms. The summed E-state index contributed by atoms with van der Waals surface area (Å²) in [5.74, 6) is 1.22. The molecule has 0 aliphatic carbocycles. The summed E-state index contributed by atoms with van der Waals surface area (Å²) in [7, 11) is 4.09. The first kappa shape index (κ1) is 9.34. The van der Waals surface area contributed by atoms with Gasteiger partial charge in [0.15, 0.2) is 0 Å². The lowest BCUT2D eigenvalue weighted by Gasteiger charge is -2.19. The van der Waals surface area contributed by atoms with Crippen LogP contribution in [0.5, 0.6) is 0 Å². The lowest BCUT2D eigenvalue weighted by atomic mass is 10.3. The van der Waals surface area contributed by atoms with Gasteiger partial charge in [-0.2, -0.15) is 0 Å². The molecule has 0 radical (unpaired) electrons. The smallest absolute Gasteiger partial charge is 0.0993 e. The Balaban J connectivity index is 4.13. The highest BCUT2D eigenvalue weighted by molar-refractivity contribution is 5.05. The molecule has 0 aromatic heterocycles. The van der Waals surface area contributed by atoms with E-state index in [-0.39, 0.29) is 0 Å². The maximum atomic E-state index is 3.29. The lowest BCUT2D eigenvalue weighted by Crippen LogP contribution is -2.26. The van der Waals surface area contributed by atoms with Crippen LogP contribution in [0.25, 0.3) is 0 Å². The van der Waals surface area contributed by atoms with Crippen molar-refractivity contribution in [1.29, 1.82) is 0 Å². The number of hydrogen-bond acceptors (Lipinski definition) is 2. The molecule has 0 amide bonds. The van der Waals surface area contributed by atoms with E-state index < -0.39 is 0 Å². The molecular weight excluding hydrogens is 124 g/mol. The predicted octanol–water partition coefficient (Wildman–Crippen LogP) is 1.41. The standard InChI is InChI=1S/C8H18N2/c1-6-9-8(7(2)3)10(4)5/h9H,6H2,1-5H3. The molecule has 0 unspecified atom stereocenters. The monoisotopic (exact) mass is 142 g/mol. The van der Waals surface area contributed by atoms with Gasteiger partial charge in [-0.3, -0.25) is 0 Å². The van der Waals surface area contributed by atoms with E-state index in [4.69, 9.17) is 0 Å². The van der Waals surface area contributed by atoms with E-state index >= 15 is 0 Å². The third-order valence-electron chi connectivity index (χ3n) is 1.27. The SMILES string of the molecule is CCNC(=C(C)C)N(C)C.